The summed E-state index contributed by atoms with van der Waals surface area (Å²) in [5, 5.41) is 3.07. The highest BCUT2D eigenvalue weighted by Crippen LogP contribution is 2.31. The van der Waals surface area contributed by atoms with Crippen LogP contribution in [-0.4, -0.2) is 29.5 Å². The summed E-state index contributed by atoms with van der Waals surface area (Å²) in [6.07, 6.45) is 5.33. The number of aryl methyl sites for hydroxylation is 2. The number of benzene rings is 2. The molecule has 1 aliphatic heterocycles. The number of hydrogen-bond donors (Lipinski definition) is 3. The van der Waals surface area contributed by atoms with Gasteiger partial charge in [-0.1, -0.05) is 36.8 Å². The average Bonchev–Trinajstić information content (AvgIpc) is 3.46. The fourth-order valence-electron chi connectivity index (χ4n) is 4.60. The maximum Gasteiger partial charge on any atom is 0.251 e. The Morgan fingerprint density at radius 2 is 2.00 bits per heavy atom. The largest absolute Gasteiger partial charge is 0.441 e. The molecule has 0 bridgehead atoms. The molecule has 3 unspecified atom stereocenters. The van der Waals surface area contributed by atoms with Crippen molar-refractivity contribution < 1.29 is 9.21 Å². The first-order chi connectivity index (χ1) is 14.3. The second-order valence-corrected chi connectivity index (χ2v) is 8.08. The van der Waals surface area contributed by atoms with Gasteiger partial charge in [-0.25, -0.2) is 4.98 Å². The summed E-state index contributed by atoms with van der Waals surface area (Å²) in [6.45, 7) is 0.631. The molecule has 1 saturated heterocycles. The predicted molar refractivity (Wildman–Crippen MR) is 111 cm³/mol. The lowest BCUT2D eigenvalue weighted by molar-refractivity contribution is 0.0948. The Morgan fingerprint density at radius 3 is 2.90 bits per heavy atom. The molecule has 1 amide bonds. The van der Waals surface area contributed by atoms with Gasteiger partial charge in [0.25, 0.3) is 5.91 Å². The Labute approximate surface area is 170 Å². The standard InChI is InChI=1S/C23H26N4O2/c28-23(24-14-20-17-7-4-8-18(17)26-27-20)16-10-11-21-19(13-16)25-22(29-21)12-9-15-5-2-1-3-6-15/h1-3,5-6,10-11,13,17-18,20,26-27H,4,7-9,12,14H2,(H,24,28). The maximum absolute atomic E-state index is 12.6. The maximum atomic E-state index is 12.6. The Kier molecular flexibility index (Phi) is 5.04. The van der Waals surface area contributed by atoms with Crippen molar-refractivity contribution in [2.24, 2.45) is 5.92 Å². The molecule has 1 aliphatic carbocycles. The van der Waals surface area contributed by atoms with Gasteiger partial charge in [0.1, 0.15) is 5.52 Å². The van der Waals surface area contributed by atoms with Crippen molar-refractivity contribution >= 4 is 17.0 Å². The highest BCUT2D eigenvalue weighted by molar-refractivity contribution is 5.97. The summed E-state index contributed by atoms with van der Waals surface area (Å²) in [7, 11) is 0. The van der Waals surface area contributed by atoms with E-state index in [2.05, 4.69) is 33.3 Å². The molecule has 1 saturated carbocycles. The van der Waals surface area contributed by atoms with Gasteiger partial charge in [0.05, 0.1) is 0 Å². The molecule has 1 aromatic heterocycles. The minimum atomic E-state index is -0.0658. The van der Waals surface area contributed by atoms with E-state index >= 15 is 0 Å². The Bertz CT molecular complexity index is 1000. The second-order valence-electron chi connectivity index (χ2n) is 8.08. The third-order valence-electron chi connectivity index (χ3n) is 6.19. The Balaban J connectivity index is 1.21. The van der Waals surface area contributed by atoms with Gasteiger partial charge >= 0.3 is 0 Å². The summed E-state index contributed by atoms with van der Waals surface area (Å²) < 4.78 is 5.85. The molecule has 2 fully saturated rings. The summed E-state index contributed by atoms with van der Waals surface area (Å²) in [5.41, 5.74) is 10.0. The van der Waals surface area contributed by atoms with E-state index in [1.54, 1.807) is 0 Å². The van der Waals surface area contributed by atoms with Crippen LogP contribution in [0, 0.1) is 5.92 Å². The third kappa shape index (κ3) is 3.91. The molecule has 6 heteroatoms. The van der Waals surface area contributed by atoms with Crippen molar-refractivity contribution in [1.29, 1.82) is 0 Å². The molecule has 29 heavy (non-hydrogen) atoms. The monoisotopic (exact) mass is 390 g/mol. The van der Waals surface area contributed by atoms with Crippen LogP contribution < -0.4 is 16.2 Å². The van der Waals surface area contributed by atoms with E-state index in [9.17, 15) is 4.79 Å². The first kappa shape index (κ1) is 18.3. The van der Waals surface area contributed by atoms with E-state index in [4.69, 9.17) is 4.42 Å². The van der Waals surface area contributed by atoms with Crippen LogP contribution in [0.1, 0.15) is 41.1 Å². The fraction of sp³-hybridized carbons (Fsp3) is 0.391. The lowest BCUT2D eigenvalue weighted by Gasteiger charge is -2.17. The highest BCUT2D eigenvalue weighted by atomic mass is 16.3. The molecule has 0 radical (unpaired) electrons. The van der Waals surface area contributed by atoms with Crippen LogP contribution in [-0.2, 0) is 12.8 Å². The number of nitrogens with one attached hydrogen (secondary N) is 3. The number of aromatic nitrogens is 1. The minimum Gasteiger partial charge on any atom is -0.441 e. The lowest BCUT2D eigenvalue weighted by atomic mass is 9.97. The van der Waals surface area contributed by atoms with Crippen LogP contribution in [0.15, 0.2) is 52.9 Å². The summed E-state index contributed by atoms with van der Waals surface area (Å²) in [4.78, 5) is 17.2. The van der Waals surface area contributed by atoms with E-state index in [1.165, 1.54) is 24.8 Å². The zero-order valence-corrected chi connectivity index (χ0v) is 16.4. The highest BCUT2D eigenvalue weighted by Gasteiger charge is 2.38. The summed E-state index contributed by atoms with van der Waals surface area (Å²) >= 11 is 0. The zero-order chi connectivity index (χ0) is 19.6. The predicted octanol–water partition coefficient (Wildman–Crippen LogP) is 2.99. The van der Waals surface area contributed by atoms with Crippen LogP contribution in [0.3, 0.4) is 0 Å². The summed E-state index contributed by atoms with van der Waals surface area (Å²) in [5.74, 6) is 1.25. The smallest absolute Gasteiger partial charge is 0.251 e. The number of amides is 1. The molecule has 5 rings (SSSR count). The number of rotatable bonds is 6. The van der Waals surface area contributed by atoms with Crippen LogP contribution >= 0.6 is 0 Å². The topological polar surface area (TPSA) is 79.2 Å². The van der Waals surface area contributed by atoms with Gasteiger partial charge in [0.15, 0.2) is 11.5 Å². The van der Waals surface area contributed by atoms with Gasteiger partial charge in [0.2, 0.25) is 0 Å². The second kappa shape index (κ2) is 7.97. The zero-order valence-electron chi connectivity index (χ0n) is 16.4. The molecule has 0 spiro atoms. The Hall–Kier alpha value is -2.70. The van der Waals surface area contributed by atoms with Crippen molar-refractivity contribution in [2.75, 3.05) is 6.54 Å². The fourth-order valence-corrected chi connectivity index (χ4v) is 4.60. The molecule has 3 atom stereocenters. The van der Waals surface area contributed by atoms with Gasteiger partial charge in [0, 0.05) is 30.6 Å². The number of oxazole rings is 1. The van der Waals surface area contributed by atoms with E-state index < -0.39 is 0 Å². The summed E-state index contributed by atoms with van der Waals surface area (Å²) in [6, 6.07) is 16.6. The van der Waals surface area contributed by atoms with E-state index in [0.29, 0.717) is 36.0 Å². The van der Waals surface area contributed by atoms with Gasteiger partial charge in [-0.15, -0.1) is 0 Å². The van der Waals surface area contributed by atoms with Crippen molar-refractivity contribution in [3.63, 3.8) is 0 Å². The van der Waals surface area contributed by atoms with E-state index in [-0.39, 0.29) is 5.91 Å². The normalized spacial score (nSPS) is 23.4. The van der Waals surface area contributed by atoms with E-state index in [1.807, 2.05) is 36.4 Å². The molecular weight excluding hydrogens is 364 g/mol. The molecule has 3 aromatic rings. The third-order valence-corrected chi connectivity index (χ3v) is 6.19. The van der Waals surface area contributed by atoms with Gasteiger partial charge in [-0.2, -0.15) is 0 Å². The number of hydrogen-bond acceptors (Lipinski definition) is 5. The lowest BCUT2D eigenvalue weighted by Crippen LogP contribution is -2.42. The number of nitrogens with zero attached hydrogens (tertiary/aromatic N) is 1. The van der Waals surface area contributed by atoms with Crippen molar-refractivity contribution in [2.45, 2.75) is 44.2 Å². The van der Waals surface area contributed by atoms with Gasteiger partial charge < -0.3 is 9.73 Å². The van der Waals surface area contributed by atoms with Crippen LogP contribution in [0.2, 0.25) is 0 Å². The van der Waals surface area contributed by atoms with Crippen LogP contribution in [0.5, 0.6) is 0 Å². The molecule has 150 valence electrons. The van der Waals surface area contributed by atoms with Crippen molar-refractivity contribution in [1.82, 2.24) is 21.2 Å². The average molecular weight is 390 g/mol. The van der Waals surface area contributed by atoms with E-state index in [0.717, 1.165) is 23.9 Å². The van der Waals surface area contributed by atoms with Crippen molar-refractivity contribution in [3.8, 4) is 0 Å². The minimum absolute atomic E-state index is 0.0658. The molecule has 2 aromatic carbocycles. The molecule has 6 nitrogen and oxygen atoms in total. The van der Waals surface area contributed by atoms with Gasteiger partial charge in [-0.3, -0.25) is 15.6 Å². The molecule has 3 N–H and O–H groups in total. The molecule has 2 heterocycles. The number of hydrazine groups is 1. The molecule has 2 aliphatic rings. The van der Waals surface area contributed by atoms with Crippen LogP contribution in [0.4, 0.5) is 0 Å². The first-order valence-electron chi connectivity index (χ1n) is 10.5. The molecular formula is C23H26N4O2. The van der Waals surface area contributed by atoms with Crippen LogP contribution in [0.25, 0.3) is 11.1 Å². The number of carbonyl (C=O) groups excluding carboxylic acids is 1. The van der Waals surface area contributed by atoms with Crippen molar-refractivity contribution in [3.05, 3.63) is 65.5 Å². The Morgan fingerprint density at radius 1 is 1.10 bits per heavy atom. The number of fused-ring (bicyclic) bond motifs is 2. The SMILES string of the molecule is O=C(NCC1NNC2CCCC21)c1ccc2oc(CCc3ccccc3)nc2c1. The first-order valence-corrected chi connectivity index (χ1v) is 10.5. The van der Waals surface area contributed by atoms with Gasteiger partial charge in [-0.05, 0) is 48.9 Å². The number of carbonyl (C=O) groups is 1. The quantitative estimate of drug-likeness (QED) is 0.603.